The Balaban J connectivity index is 0.00000222. The molecule has 3 rings (SSSR count). The van der Waals surface area contributed by atoms with Crippen molar-refractivity contribution in [3.63, 3.8) is 0 Å². The molecule has 0 radical (unpaired) electrons. The third-order valence-electron chi connectivity index (χ3n) is 5.43. The lowest BCUT2D eigenvalue weighted by Gasteiger charge is -2.18. The van der Waals surface area contributed by atoms with Crippen molar-refractivity contribution in [1.29, 1.82) is 0 Å². The van der Waals surface area contributed by atoms with Crippen molar-refractivity contribution in [1.82, 2.24) is 5.32 Å². The van der Waals surface area contributed by atoms with Gasteiger partial charge in [0, 0.05) is 5.56 Å². The first-order valence-corrected chi connectivity index (χ1v) is 11.2. The van der Waals surface area contributed by atoms with Crippen molar-refractivity contribution < 1.29 is 28.7 Å². The number of nitrogens with one attached hydrogen (secondary N) is 2. The molecular formula is C28H29FN2O5. The van der Waals surface area contributed by atoms with Crippen LogP contribution in [0.1, 0.15) is 35.3 Å². The lowest BCUT2D eigenvalue weighted by atomic mass is 10.0. The van der Waals surface area contributed by atoms with Crippen molar-refractivity contribution in [2.24, 2.45) is 5.92 Å². The number of carbonyl (C=O) groups is 4. The van der Waals surface area contributed by atoms with Gasteiger partial charge in [-0.2, -0.15) is 0 Å². The van der Waals surface area contributed by atoms with Gasteiger partial charge in [0.2, 0.25) is 5.91 Å². The summed E-state index contributed by atoms with van der Waals surface area (Å²) in [5, 5.41) is 14.3. The third-order valence-corrected chi connectivity index (χ3v) is 5.43. The van der Waals surface area contributed by atoms with Gasteiger partial charge in [-0.3, -0.25) is 9.59 Å². The van der Waals surface area contributed by atoms with E-state index in [9.17, 15) is 23.9 Å². The first-order chi connectivity index (χ1) is 17.1. The zero-order chi connectivity index (χ0) is 26.8. The Labute approximate surface area is 209 Å². The number of carboxylic acid groups (broad SMARTS) is 1. The summed E-state index contributed by atoms with van der Waals surface area (Å²) in [7, 11) is 0. The first-order valence-electron chi connectivity index (χ1n) is 11.2. The van der Waals surface area contributed by atoms with Gasteiger partial charge in [0.25, 0.3) is 5.91 Å². The monoisotopic (exact) mass is 492 g/mol. The molecule has 0 aliphatic heterocycles. The summed E-state index contributed by atoms with van der Waals surface area (Å²) in [6.45, 7) is 7.39. The van der Waals surface area contributed by atoms with Crippen molar-refractivity contribution >= 4 is 30.3 Å². The summed E-state index contributed by atoms with van der Waals surface area (Å²) in [5.74, 6) is -2.74. The Hall–Kier alpha value is -4.33. The number of benzene rings is 3. The Kier molecular flexibility index (Phi) is 10.0. The van der Waals surface area contributed by atoms with Gasteiger partial charge >= 0.3 is 5.97 Å². The maximum Gasteiger partial charge on any atom is 0.326 e. The van der Waals surface area contributed by atoms with Gasteiger partial charge < -0.3 is 20.5 Å². The molecule has 0 unspecified atom stereocenters. The van der Waals surface area contributed by atoms with Crippen LogP contribution in [0.15, 0.2) is 66.7 Å². The lowest BCUT2D eigenvalue weighted by molar-refractivity contribution is -0.140. The molecule has 0 fully saturated rings. The molecule has 0 aliphatic carbocycles. The Morgan fingerprint density at radius 3 is 2.03 bits per heavy atom. The van der Waals surface area contributed by atoms with E-state index in [2.05, 4.69) is 10.6 Å². The number of aryl methyl sites for hydroxylation is 1. The summed E-state index contributed by atoms with van der Waals surface area (Å²) >= 11 is 0. The summed E-state index contributed by atoms with van der Waals surface area (Å²) in [5.41, 5.74) is 3.58. The zero-order valence-electron chi connectivity index (χ0n) is 20.4. The fourth-order valence-corrected chi connectivity index (χ4v) is 3.43. The molecular weight excluding hydrogens is 463 g/mol. The van der Waals surface area contributed by atoms with Crippen molar-refractivity contribution in [2.45, 2.75) is 33.2 Å². The number of carbonyl (C=O) groups excluding carboxylic acids is 3. The number of carboxylic acids is 1. The Bertz CT molecular complexity index is 1210. The van der Waals surface area contributed by atoms with E-state index in [1.54, 1.807) is 44.2 Å². The number of aliphatic carboxylic acids is 1. The van der Waals surface area contributed by atoms with Crippen LogP contribution in [0, 0.1) is 18.7 Å². The standard InChI is InChI=1S/C27H27FN2O4.CH2O/c1-16(2)25(27(33)34)30-26(32)20-10-8-19(9-11-20)21-12-13-23(22(28)15-21)29-24(31)14-18-6-4-17(3)5-7-18;1-2/h4-13,15-16,25H,14H2,1-3H3,(H,29,31)(H,30,32)(H,33,34);1H2/t25-;/m0./s1. The van der Waals surface area contributed by atoms with Gasteiger partial charge in [0.15, 0.2) is 0 Å². The summed E-state index contributed by atoms with van der Waals surface area (Å²) < 4.78 is 14.7. The normalized spacial score (nSPS) is 11.1. The van der Waals surface area contributed by atoms with Crippen molar-refractivity contribution in [3.05, 3.63) is 89.2 Å². The van der Waals surface area contributed by atoms with E-state index in [1.165, 1.54) is 12.1 Å². The Morgan fingerprint density at radius 2 is 1.50 bits per heavy atom. The molecule has 0 saturated heterocycles. The molecule has 0 heterocycles. The fraction of sp³-hybridized carbons (Fsp3) is 0.214. The smallest absolute Gasteiger partial charge is 0.326 e. The summed E-state index contributed by atoms with van der Waals surface area (Å²) in [4.78, 5) is 44.0. The molecule has 0 aliphatic rings. The third kappa shape index (κ3) is 7.59. The maximum atomic E-state index is 14.7. The van der Waals surface area contributed by atoms with Crippen LogP contribution < -0.4 is 10.6 Å². The maximum absolute atomic E-state index is 14.7. The SMILES string of the molecule is C=O.Cc1ccc(CC(=O)Nc2ccc(-c3ccc(C(=O)N[C@H](C(=O)O)C(C)C)cc3)cc2F)cc1. The molecule has 3 aromatic carbocycles. The highest BCUT2D eigenvalue weighted by Crippen LogP contribution is 2.25. The largest absolute Gasteiger partial charge is 0.480 e. The van der Waals surface area contributed by atoms with Gasteiger partial charge in [-0.15, -0.1) is 0 Å². The van der Waals surface area contributed by atoms with Gasteiger partial charge in [-0.25, -0.2) is 9.18 Å². The number of hydrogen-bond donors (Lipinski definition) is 3. The molecule has 2 amide bonds. The van der Waals surface area contributed by atoms with Crippen LogP contribution in [-0.4, -0.2) is 35.7 Å². The molecule has 3 N–H and O–H groups in total. The predicted molar refractivity (Wildman–Crippen MR) is 136 cm³/mol. The molecule has 3 aromatic rings. The fourth-order valence-electron chi connectivity index (χ4n) is 3.43. The van der Waals surface area contributed by atoms with Gasteiger partial charge in [-0.1, -0.05) is 61.9 Å². The molecule has 0 bridgehead atoms. The van der Waals surface area contributed by atoms with E-state index in [0.717, 1.165) is 11.1 Å². The van der Waals surface area contributed by atoms with Crippen LogP contribution >= 0.6 is 0 Å². The number of halogens is 1. The lowest BCUT2D eigenvalue weighted by Crippen LogP contribution is -2.44. The predicted octanol–water partition coefficient (Wildman–Crippen LogP) is 4.64. The first kappa shape index (κ1) is 27.9. The summed E-state index contributed by atoms with van der Waals surface area (Å²) in [6, 6.07) is 17.5. The van der Waals surface area contributed by atoms with Gasteiger partial charge in [0.05, 0.1) is 12.1 Å². The number of anilines is 1. The van der Waals surface area contributed by atoms with Crippen molar-refractivity contribution in [2.75, 3.05) is 5.32 Å². The molecule has 1 atom stereocenters. The second kappa shape index (κ2) is 12.9. The van der Waals surface area contributed by atoms with Gasteiger partial charge in [-0.05, 0) is 53.8 Å². The topological polar surface area (TPSA) is 113 Å². The second-order valence-electron chi connectivity index (χ2n) is 8.52. The average molecular weight is 493 g/mol. The number of hydrogen-bond acceptors (Lipinski definition) is 4. The van der Waals surface area contributed by atoms with Crippen LogP contribution in [0.4, 0.5) is 10.1 Å². The average Bonchev–Trinajstić information content (AvgIpc) is 2.86. The van der Waals surface area contributed by atoms with E-state index < -0.39 is 23.7 Å². The van der Waals surface area contributed by atoms with Crippen LogP contribution in [0.25, 0.3) is 11.1 Å². The molecule has 36 heavy (non-hydrogen) atoms. The van der Waals surface area contributed by atoms with Crippen molar-refractivity contribution in [3.8, 4) is 11.1 Å². The highest BCUT2D eigenvalue weighted by atomic mass is 19.1. The van der Waals surface area contributed by atoms with E-state index in [4.69, 9.17) is 4.79 Å². The highest BCUT2D eigenvalue weighted by Gasteiger charge is 2.23. The van der Waals surface area contributed by atoms with E-state index in [-0.39, 0.29) is 23.9 Å². The molecule has 0 saturated carbocycles. The van der Waals surface area contributed by atoms with Crippen LogP contribution in [-0.2, 0) is 20.8 Å². The van der Waals surface area contributed by atoms with E-state index in [0.29, 0.717) is 16.7 Å². The minimum absolute atomic E-state index is 0.0882. The zero-order valence-corrected chi connectivity index (χ0v) is 20.4. The number of rotatable bonds is 8. The molecule has 0 aromatic heterocycles. The second-order valence-corrected chi connectivity index (χ2v) is 8.52. The summed E-state index contributed by atoms with van der Waals surface area (Å²) in [6.07, 6.45) is 0.143. The Morgan fingerprint density at radius 1 is 0.917 bits per heavy atom. The van der Waals surface area contributed by atoms with Gasteiger partial charge in [0.1, 0.15) is 18.6 Å². The van der Waals surface area contributed by atoms with E-state index >= 15 is 0 Å². The minimum Gasteiger partial charge on any atom is -0.480 e. The van der Waals surface area contributed by atoms with Crippen LogP contribution in [0.3, 0.4) is 0 Å². The highest BCUT2D eigenvalue weighted by molar-refractivity contribution is 5.97. The van der Waals surface area contributed by atoms with Crippen LogP contribution in [0.5, 0.6) is 0 Å². The molecule has 8 heteroatoms. The van der Waals surface area contributed by atoms with E-state index in [1.807, 2.05) is 38.0 Å². The molecule has 188 valence electrons. The quantitative estimate of drug-likeness (QED) is 0.424. The van der Waals surface area contributed by atoms with Crippen LogP contribution in [0.2, 0.25) is 0 Å². The minimum atomic E-state index is -1.10. The molecule has 7 nitrogen and oxygen atoms in total. The molecule has 0 spiro atoms. The number of amides is 2.